The zero-order chi connectivity index (χ0) is 5.21. The molecule has 0 aliphatic heterocycles. The first-order chi connectivity index (χ1) is 2.56. The summed E-state index contributed by atoms with van der Waals surface area (Å²) in [6, 6.07) is 0. The minimum atomic E-state index is 0.285. The molecule has 0 aromatic carbocycles. The topological polar surface area (TPSA) is 0 Å². The first-order valence-corrected chi connectivity index (χ1v) is 4.97. The van der Waals surface area contributed by atoms with E-state index in [9.17, 15) is 0 Å². The molecule has 0 N–H and O–H groups in total. The van der Waals surface area contributed by atoms with Gasteiger partial charge < -0.3 is 0 Å². The number of hydrogen-bond donors (Lipinski definition) is 0. The molecule has 0 saturated carbocycles. The Morgan fingerprint density at radius 3 is 1.50 bits per heavy atom. The summed E-state index contributed by atoms with van der Waals surface area (Å²) in [4.78, 5) is 0. The first kappa shape index (κ1) is 6.81. The predicted molar refractivity (Wildman–Crippen MR) is 31.3 cm³/mol. The van der Waals surface area contributed by atoms with Crippen LogP contribution in [0.25, 0.3) is 0 Å². The Balaban J connectivity index is 3.17. The average Bonchev–Trinajstić information content (AvgIpc) is 1.35. The Labute approximate surface area is 49.6 Å². The second-order valence-electron chi connectivity index (χ2n) is 2.19. The molecule has 6 heavy (non-hydrogen) atoms. The fourth-order valence-electron chi connectivity index (χ4n) is 0. The molecule has 0 unspecified atom stereocenters. The molecule has 0 radical (unpaired) electrons. The Hall–Kier alpha value is 0.809. The average molecular weight is 172 g/mol. The van der Waals surface area contributed by atoms with Crippen molar-refractivity contribution in [3.05, 3.63) is 0 Å². The zero-order valence-electron chi connectivity index (χ0n) is 4.29. The van der Waals surface area contributed by atoms with Crippen molar-refractivity contribution < 1.29 is 0 Å². The van der Waals surface area contributed by atoms with Crippen LogP contribution in [0, 0.1) is 0 Å². The maximum atomic E-state index is 5.54. The summed E-state index contributed by atoms with van der Waals surface area (Å²) in [5.41, 5.74) is 0. The van der Waals surface area contributed by atoms with E-state index < -0.39 is 0 Å². The summed E-state index contributed by atoms with van der Waals surface area (Å²) in [5, 5.41) is 0. The Bertz CT molecular complexity index is 37.3. The van der Waals surface area contributed by atoms with E-state index >= 15 is 0 Å². The van der Waals surface area contributed by atoms with Crippen molar-refractivity contribution in [3.63, 3.8) is 0 Å². The molecule has 0 spiro atoms. The number of hydrogen-bond acceptors (Lipinski definition) is 0. The normalized spacial score (nSPS) is 12.0. The van der Waals surface area contributed by atoms with Crippen molar-refractivity contribution in [2.24, 2.45) is 0 Å². The van der Waals surface area contributed by atoms with Gasteiger partial charge in [0.05, 0.1) is 0 Å². The Morgan fingerprint density at radius 1 is 1.33 bits per heavy atom. The summed E-state index contributed by atoms with van der Waals surface area (Å²) in [6.07, 6.45) is 0. The zero-order valence-corrected chi connectivity index (χ0v) is 6.76. The van der Waals surface area contributed by atoms with Gasteiger partial charge in [-0.1, -0.05) is 0 Å². The van der Waals surface area contributed by atoms with Gasteiger partial charge in [-0.25, -0.2) is 0 Å². The molecule has 0 aliphatic rings. The van der Waals surface area contributed by atoms with Crippen molar-refractivity contribution in [1.29, 1.82) is 0 Å². The van der Waals surface area contributed by atoms with E-state index in [0.29, 0.717) is 4.31 Å². The van der Waals surface area contributed by atoms with E-state index in [1.54, 1.807) is 0 Å². The summed E-state index contributed by atoms with van der Waals surface area (Å²) in [5.74, 6) is 0. The van der Waals surface area contributed by atoms with E-state index in [1.807, 2.05) is 0 Å². The van der Waals surface area contributed by atoms with Crippen LogP contribution < -0.4 is 0 Å². The molecule has 0 heterocycles. The SMILES string of the molecule is CC(C)(C)[Se]Cl. The van der Waals surface area contributed by atoms with E-state index in [4.69, 9.17) is 10.1 Å². The van der Waals surface area contributed by atoms with Crippen LogP contribution in [0.3, 0.4) is 0 Å². The molecule has 0 amide bonds. The molecule has 2 heteroatoms. The third-order valence-electron chi connectivity index (χ3n) is 0.231. The molecule has 0 atom stereocenters. The molecule has 0 bridgehead atoms. The molecule has 0 rings (SSSR count). The minimum absolute atomic E-state index is 0.285. The van der Waals surface area contributed by atoms with Gasteiger partial charge in [0.15, 0.2) is 0 Å². The van der Waals surface area contributed by atoms with Gasteiger partial charge >= 0.3 is 49.2 Å². The van der Waals surface area contributed by atoms with Gasteiger partial charge in [0.1, 0.15) is 0 Å². The van der Waals surface area contributed by atoms with Crippen LogP contribution in [-0.2, 0) is 0 Å². The second-order valence-corrected chi connectivity index (χ2v) is 5.88. The summed E-state index contributed by atoms with van der Waals surface area (Å²) in [6.45, 7) is 6.42. The maximum absolute atomic E-state index is 5.54. The van der Waals surface area contributed by atoms with Crippen LogP contribution in [-0.4, -0.2) is 14.0 Å². The molecule has 0 nitrogen and oxygen atoms in total. The molecular formula is C4H9ClSe. The molecule has 38 valence electrons. The third kappa shape index (κ3) is 4.81. The Morgan fingerprint density at radius 2 is 1.50 bits per heavy atom. The van der Waals surface area contributed by atoms with E-state index in [0.717, 1.165) is 0 Å². The van der Waals surface area contributed by atoms with Gasteiger partial charge in [0.25, 0.3) is 0 Å². The Kier molecular flexibility index (Phi) is 2.50. The molecule has 0 aliphatic carbocycles. The molecule has 0 saturated heterocycles. The van der Waals surface area contributed by atoms with Crippen LogP contribution in [0.4, 0.5) is 0 Å². The van der Waals surface area contributed by atoms with Crippen LogP contribution in [0.5, 0.6) is 0 Å². The van der Waals surface area contributed by atoms with Crippen LogP contribution in [0.2, 0.25) is 4.31 Å². The third-order valence-corrected chi connectivity index (χ3v) is 3.61. The quantitative estimate of drug-likeness (QED) is 0.490. The van der Waals surface area contributed by atoms with Crippen LogP contribution >= 0.6 is 10.1 Å². The van der Waals surface area contributed by atoms with Crippen LogP contribution in [0.1, 0.15) is 20.8 Å². The molecule has 0 aromatic heterocycles. The predicted octanol–water partition coefficient (Wildman–Crippen LogP) is 2.06. The van der Waals surface area contributed by atoms with Crippen molar-refractivity contribution in [1.82, 2.24) is 0 Å². The second kappa shape index (κ2) is 2.20. The fourth-order valence-corrected chi connectivity index (χ4v) is 0. The van der Waals surface area contributed by atoms with Gasteiger partial charge in [-0.05, 0) is 0 Å². The van der Waals surface area contributed by atoms with E-state index in [2.05, 4.69) is 20.8 Å². The van der Waals surface area contributed by atoms with Gasteiger partial charge in [0, 0.05) is 0 Å². The van der Waals surface area contributed by atoms with Crippen molar-refractivity contribution in [3.8, 4) is 0 Å². The van der Waals surface area contributed by atoms with Crippen molar-refractivity contribution in [2.45, 2.75) is 25.1 Å². The summed E-state index contributed by atoms with van der Waals surface area (Å²) in [7, 11) is 5.54. The number of halogens is 1. The fraction of sp³-hybridized carbons (Fsp3) is 1.00. The monoisotopic (exact) mass is 172 g/mol. The summed E-state index contributed by atoms with van der Waals surface area (Å²) >= 11 is 0.285. The molecular weight excluding hydrogens is 162 g/mol. The summed E-state index contributed by atoms with van der Waals surface area (Å²) < 4.78 is 0.370. The number of rotatable bonds is 0. The van der Waals surface area contributed by atoms with Crippen molar-refractivity contribution in [2.75, 3.05) is 0 Å². The van der Waals surface area contributed by atoms with E-state index in [1.165, 1.54) is 0 Å². The van der Waals surface area contributed by atoms with Crippen molar-refractivity contribution >= 4 is 24.1 Å². The van der Waals surface area contributed by atoms with Gasteiger partial charge in [-0.3, -0.25) is 0 Å². The molecule has 0 fully saturated rings. The first-order valence-electron chi connectivity index (χ1n) is 1.86. The van der Waals surface area contributed by atoms with Gasteiger partial charge in [-0.15, -0.1) is 0 Å². The van der Waals surface area contributed by atoms with E-state index in [-0.39, 0.29) is 14.0 Å². The van der Waals surface area contributed by atoms with Crippen LogP contribution in [0.15, 0.2) is 0 Å². The molecule has 0 aromatic rings. The van der Waals surface area contributed by atoms with Gasteiger partial charge in [0.2, 0.25) is 0 Å². The van der Waals surface area contributed by atoms with Gasteiger partial charge in [-0.2, -0.15) is 0 Å². The standard InChI is InChI=1S/C4H9ClSe/c1-4(2,3)6-5/h1-3H3.